The molecular weight excluding hydrogens is 308 g/mol. The number of anilines is 1. The Balaban J connectivity index is 2.43. The fourth-order valence-corrected chi connectivity index (χ4v) is 3.55. The van der Waals surface area contributed by atoms with E-state index >= 15 is 0 Å². The monoisotopic (exact) mass is 324 g/mol. The van der Waals surface area contributed by atoms with Gasteiger partial charge in [-0.1, -0.05) is 23.9 Å². The molecule has 5 nitrogen and oxygen atoms in total. The number of nitrogens with one attached hydrogen (secondary N) is 1. The van der Waals surface area contributed by atoms with Crippen molar-refractivity contribution in [1.82, 2.24) is 4.72 Å². The van der Waals surface area contributed by atoms with Crippen molar-refractivity contribution in [3.05, 3.63) is 42.5 Å². The molecule has 0 saturated carbocycles. The summed E-state index contributed by atoms with van der Waals surface area (Å²) in [5, 5.41) is 0. The molecule has 0 aliphatic rings. The van der Waals surface area contributed by atoms with Crippen LogP contribution in [0.4, 0.5) is 5.69 Å². The number of nitrogens with two attached hydrogens (primary N) is 1. The summed E-state index contributed by atoms with van der Waals surface area (Å²) in [7, 11) is -0.534. The third kappa shape index (κ3) is 3.49. The third-order valence-corrected chi connectivity index (χ3v) is 5.40. The molecule has 2 aromatic carbocycles. The highest BCUT2D eigenvalue weighted by atomic mass is 32.2. The van der Waals surface area contributed by atoms with Crippen LogP contribution in [0, 0.1) is 0 Å². The van der Waals surface area contributed by atoms with Crippen LogP contribution in [0.2, 0.25) is 0 Å². The molecule has 7 heteroatoms. The van der Waals surface area contributed by atoms with E-state index in [1.165, 1.54) is 24.9 Å². The quantitative estimate of drug-likeness (QED) is 0.825. The smallest absolute Gasteiger partial charge is 0.240 e. The molecule has 0 bridgehead atoms. The second-order valence-electron chi connectivity index (χ2n) is 4.16. The molecule has 0 atom stereocenters. The van der Waals surface area contributed by atoms with Gasteiger partial charge in [0.1, 0.15) is 5.75 Å². The molecule has 2 aromatic rings. The van der Waals surface area contributed by atoms with Gasteiger partial charge in [0, 0.05) is 10.6 Å². The zero-order valence-electron chi connectivity index (χ0n) is 11.7. The van der Waals surface area contributed by atoms with Gasteiger partial charge in [-0.2, -0.15) is 0 Å². The minimum atomic E-state index is -3.50. The van der Waals surface area contributed by atoms with Gasteiger partial charge >= 0.3 is 0 Å². The standard InChI is InChI=1S/C14H16N2O3S2/c1-16-21(17,18)10-7-8-11(15)14(9-10)20-13-6-4-3-5-12(13)19-2/h3-9,16H,15H2,1-2H3. The molecule has 0 amide bonds. The second kappa shape index (κ2) is 6.38. The molecule has 3 N–H and O–H groups in total. The summed E-state index contributed by atoms with van der Waals surface area (Å²) in [5.41, 5.74) is 6.45. The first-order valence-corrected chi connectivity index (χ1v) is 8.42. The van der Waals surface area contributed by atoms with Crippen molar-refractivity contribution in [2.75, 3.05) is 19.9 Å². The highest BCUT2D eigenvalue weighted by Gasteiger charge is 2.14. The van der Waals surface area contributed by atoms with E-state index in [9.17, 15) is 8.42 Å². The molecule has 0 aliphatic carbocycles. The number of ether oxygens (including phenoxy) is 1. The lowest BCUT2D eigenvalue weighted by Crippen LogP contribution is -2.18. The first kappa shape index (κ1) is 15.7. The van der Waals surface area contributed by atoms with Crippen molar-refractivity contribution < 1.29 is 13.2 Å². The number of hydrogen-bond donors (Lipinski definition) is 2. The molecule has 0 spiro atoms. The van der Waals surface area contributed by atoms with E-state index in [-0.39, 0.29) is 4.90 Å². The predicted octanol–water partition coefficient (Wildman–Crippen LogP) is 2.34. The maximum atomic E-state index is 11.9. The summed E-state index contributed by atoms with van der Waals surface area (Å²) in [6.45, 7) is 0. The number of methoxy groups -OCH3 is 1. The van der Waals surface area contributed by atoms with Gasteiger partial charge in [-0.15, -0.1) is 0 Å². The lowest BCUT2D eigenvalue weighted by Gasteiger charge is -2.11. The van der Waals surface area contributed by atoms with E-state index in [2.05, 4.69) is 4.72 Å². The summed E-state index contributed by atoms with van der Waals surface area (Å²) in [6.07, 6.45) is 0. The van der Waals surface area contributed by atoms with E-state index in [1.54, 1.807) is 19.2 Å². The van der Waals surface area contributed by atoms with Gasteiger partial charge in [-0.05, 0) is 37.4 Å². The van der Waals surface area contributed by atoms with Crippen molar-refractivity contribution in [1.29, 1.82) is 0 Å². The van der Waals surface area contributed by atoms with E-state index in [4.69, 9.17) is 10.5 Å². The summed E-state index contributed by atoms with van der Waals surface area (Å²) in [6, 6.07) is 12.1. The van der Waals surface area contributed by atoms with Crippen molar-refractivity contribution in [3.63, 3.8) is 0 Å². The highest BCUT2D eigenvalue weighted by molar-refractivity contribution is 7.99. The molecular formula is C14H16N2O3S2. The van der Waals surface area contributed by atoms with Gasteiger partial charge in [-0.25, -0.2) is 13.1 Å². The Labute approximate surface area is 128 Å². The Bertz CT molecular complexity index is 746. The average Bonchev–Trinajstić information content (AvgIpc) is 2.49. The maximum Gasteiger partial charge on any atom is 0.240 e. The summed E-state index contributed by atoms with van der Waals surface area (Å²) in [4.78, 5) is 1.71. The van der Waals surface area contributed by atoms with E-state index in [0.717, 1.165) is 4.90 Å². The molecule has 0 heterocycles. The Hall–Kier alpha value is -1.70. The van der Waals surface area contributed by atoms with Gasteiger partial charge in [0.15, 0.2) is 0 Å². The number of benzene rings is 2. The third-order valence-electron chi connectivity index (χ3n) is 2.85. The Morgan fingerprint density at radius 3 is 2.52 bits per heavy atom. The molecule has 0 fully saturated rings. The van der Waals surface area contributed by atoms with Gasteiger partial charge in [0.25, 0.3) is 0 Å². The number of sulfonamides is 1. The van der Waals surface area contributed by atoms with Crippen LogP contribution in [-0.2, 0) is 10.0 Å². The number of para-hydroxylation sites is 1. The van der Waals surface area contributed by atoms with Crippen LogP contribution >= 0.6 is 11.8 Å². The fourth-order valence-electron chi connectivity index (χ4n) is 1.71. The Morgan fingerprint density at radius 2 is 1.86 bits per heavy atom. The van der Waals surface area contributed by atoms with Crippen molar-refractivity contribution in [3.8, 4) is 5.75 Å². The maximum absolute atomic E-state index is 11.9. The molecule has 2 rings (SSSR count). The molecule has 0 saturated heterocycles. The molecule has 0 radical (unpaired) electrons. The van der Waals surface area contributed by atoms with Crippen LogP contribution in [0.5, 0.6) is 5.75 Å². The molecule has 0 aromatic heterocycles. The van der Waals surface area contributed by atoms with E-state index in [0.29, 0.717) is 16.3 Å². The van der Waals surface area contributed by atoms with Crippen LogP contribution in [0.15, 0.2) is 57.2 Å². The first-order chi connectivity index (χ1) is 9.97. The second-order valence-corrected chi connectivity index (χ2v) is 7.13. The Kier molecular flexibility index (Phi) is 4.76. The lowest BCUT2D eigenvalue weighted by molar-refractivity contribution is 0.405. The number of rotatable bonds is 5. The van der Waals surface area contributed by atoms with Crippen molar-refractivity contribution in [2.45, 2.75) is 14.7 Å². The van der Waals surface area contributed by atoms with E-state index < -0.39 is 10.0 Å². The Morgan fingerprint density at radius 1 is 1.14 bits per heavy atom. The zero-order valence-corrected chi connectivity index (χ0v) is 13.3. The van der Waals surface area contributed by atoms with Crippen LogP contribution in [0.3, 0.4) is 0 Å². The topological polar surface area (TPSA) is 81.4 Å². The minimum Gasteiger partial charge on any atom is -0.496 e. The van der Waals surface area contributed by atoms with Crippen molar-refractivity contribution >= 4 is 27.5 Å². The number of nitrogen functional groups attached to an aromatic ring is 1. The minimum absolute atomic E-state index is 0.177. The molecule has 112 valence electrons. The first-order valence-electron chi connectivity index (χ1n) is 6.12. The van der Waals surface area contributed by atoms with E-state index in [1.807, 2.05) is 24.3 Å². The summed E-state index contributed by atoms with van der Waals surface area (Å²) in [5.74, 6) is 0.712. The molecule has 0 unspecified atom stereocenters. The van der Waals surface area contributed by atoms with Gasteiger partial charge < -0.3 is 10.5 Å². The highest BCUT2D eigenvalue weighted by Crippen LogP contribution is 2.38. The summed E-state index contributed by atoms with van der Waals surface area (Å²) < 4.78 is 31.3. The van der Waals surface area contributed by atoms with Crippen LogP contribution in [-0.4, -0.2) is 22.6 Å². The fraction of sp³-hybridized carbons (Fsp3) is 0.143. The molecule has 21 heavy (non-hydrogen) atoms. The van der Waals surface area contributed by atoms with Gasteiger partial charge in [-0.3, -0.25) is 0 Å². The van der Waals surface area contributed by atoms with Crippen LogP contribution < -0.4 is 15.2 Å². The summed E-state index contributed by atoms with van der Waals surface area (Å²) >= 11 is 1.36. The number of hydrogen-bond acceptors (Lipinski definition) is 5. The SMILES string of the molecule is CNS(=O)(=O)c1ccc(N)c(Sc2ccccc2OC)c1. The largest absolute Gasteiger partial charge is 0.496 e. The normalized spacial score (nSPS) is 11.3. The van der Waals surface area contributed by atoms with Gasteiger partial charge in [0.2, 0.25) is 10.0 Å². The van der Waals surface area contributed by atoms with Gasteiger partial charge in [0.05, 0.1) is 16.9 Å². The zero-order chi connectivity index (χ0) is 15.5. The predicted molar refractivity (Wildman–Crippen MR) is 84.2 cm³/mol. The van der Waals surface area contributed by atoms with Crippen LogP contribution in [0.25, 0.3) is 0 Å². The van der Waals surface area contributed by atoms with Crippen molar-refractivity contribution in [2.24, 2.45) is 0 Å². The average molecular weight is 324 g/mol. The molecule has 0 aliphatic heterocycles. The van der Waals surface area contributed by atoms with Crippen LogP contribution in [0.1, 0.15) is 0 Å². The lowest BCUT2D eigenvalue weighted by atomic mass is 10.3.